The minimum atomic E-state index is -0.275. The standard InChI is InChI=1S/C23H21N3O3S/c27-21(20-7-3-5-16-4-1-2-6-19(16)20)25-23(30)24-18-10-8-17(9-11-18)22(28)26-12-14-29-15-13-26/h1-11H,12-15H2,(H2,24,25,27,30). The molecule has 0 saturated carbocycles. The van der Waals surface area contributed by atoms with E-state index in [2.05, 4.69) is 10.6 Å². The van der Waals surface area contributed by atoms with Crippen molar-refractivity contribution in [3.8, 4) is 0 Å². The second-order valence-electron chi connectivity index (χ2n) is 6.92. The van der Waals surface area contributed by atoms with Gasteiger partial charge in [0.15, 0.2) is 5.11 Å². The van der Waals surface area contributed by atoms with E-state index in [1.54, 1.807) is 35.2 Å². The molecule has 2 N–H and O–H groups in total. The molecule has 7 heteroatoms. The summed E-state index contributed by atoms with van der Waals surface area (Å²) in [4.78, 5) is 27.0. The average Bonchev–Trinajstić information content (AvgIpc) is 2.79. The number of anilines is 1. The van der Waals surface area contributed by atoms with Crippen molar-refractivity contribution in [1.82, 2.24) is 10.2 Å². The summed E-state index contributed by atoms with van der Waals surface area (Å²) in [7, 11) is 0. The first-order chi connectivity index (χ1) is 14.6. The number of fused-ring (bicyclic) bond motifs is 1. The Hall–Kier alpha value is -3.29. The summed E-state index contributed by atoms with van der Waals surface area (Å²) in [6.07, 6.45) is 0. The van der Waals surface area contributed by atoms with Gasteiger partial charge in [0.05, 0.1) is 13.2 Å². The lowest BCUT2D eigenvalue weighted by Gasteiger charge is -2.26. The van der Waals surface area contributed by atoms with Gasteiger partial charge in [-0.25, -0.2) is 0 Å². The van der Waals surface area contributed by atoms with Crippen LogP contribution in [0.15, 0.2) is 66.7 Å². The number of benzene rings is 3. The Bertz CT molecular complexity index is 1090. The Morgan fingerprint density at radius 3 is 2.37 bits per heavy atom. The van der Waals surface area contributed by atoms with E-state index in [1.165, 1.54) is 0 Å². The molecule has 152 valence electrons. The summed E-state index contributed by atoms with van der Waals surface area (Å²) in [6, 6.07) is 20.3. The topological polar surface area (TPSA) is 70.7 Å². The summed E-state index contributed by atoms with van der Waals surface area (Å²) in [6.45, 7) is 2.33. The Morgan fingerprint density at radius 1 is 0.900 bits per heavy atom. The molecule has 0 aliphatic carbocycles. The van der Waals surface area contributed by atoms with Crippen LogP contribution in [-0.4, -0.2) is 48.1 Å². The third-order valence-electron chi connectivity index (χ3n) is 4.95. The van der Waals surface area contributed by atoms with Gasteiger partial charge in [0, 0.05) is 29.9 Å². The number of amides is 2. The number of thiocarbonyl (C=S) groups is 1. The monoisotopic (exact) mass is 419 g/mol. The van der Waals surface area contributed by atoms with Crippen molar-refractivity contribution < 1.29 is 14.3 Å². The van der Waals surface area contributed by atoms with Crippen molar-refractivity contribution in [2.45, 2.75) is 0 Å². The van der Waals surface area contributed by atoms with Crippen molar-refractivity contribution in [3.63, 3.8) is 0 Å². The molecule has 1 aliphatic rings. The van der Waals surface area contributed by atoms with Gasteiger partial charge in [0.1, 0.15) is 0 Å². The lowest BCUT2D eigenvalue weighted by molar-refractivity contribution is 0.0303. The number of hydrogen-bond donors (Lipinski definition) is 2. The molecule has 0 spiro atoms. The molecular formula is C23H21N3O3S. The van der Waals surface area contributed by atoms with Crippen LogP contribution in [0.3, 0.4) is 0 Å². The van der Waals surface area contributed by atoms with Gasteiger partial charge in [-0.1, -0.05) is 36.4 Å². The lowest BCUT2D eigenvalue weighted by atomic mass is 10.0. The third-order valence-corrected chi connectivity index (χ3v) is 5.15. The molecule has 0 unspecified atom stereocenters. The van der Waals surface area contributed by atoms with Crippen LogP contribution in [0.5, 0.6) is 0 Å². The van der Waals surface area contributed by atoms with Gasteiger partial charge in [-0.05, 0) is 53.3 Å². The molecule has 0 aromatic heterocycles. The number of rotatable bonds is 3. The van der Waals surface area contributed by atoms with E-state index in [0.29, 0.717) is 43.1 Å². The Labute approximate surface area is 179 Å². The summed E-state index contributed by atoms with van der Waals surface area (Å²) < 4.78 is 5.28. The highest BCUT2D eigenvalue weighted by Crippen LogP contribution is 2.18. The molecule has 0 radical (unpaired) electrons. The molecule has 3 aromatic carbocycles. The summed E-state index contributed by atoms with van der Waals surface area (Å²) in [5, 5.41) is 7.76. The molecule has 1 heterocycles. The zero-order valence-corrected chi connectivity index (χ0v) is 17.1. The largest absolute Gasteiger partial charge is 0.378 e. The van der Waals surface area contributed by atoms with Crippen molar-refractivity contribution in [3.05, 3.63) is 77.9 Å². The van der Waals surface area contributed by atoms with Crippen LogP contribution in [0.25, 0.3) is 10.8 Å². The number of morpholine rings is 1. The summed E-state index contributed by atoms with van der Waals surface area (Å²) >= 11 is 5.29. The van der Waals surface area contributed by atoms with Crippen molar-refractivity contribution in [1.29, 1.82) is 0 Å². The normalized spacial score (nSPS) is 13.7. The van der Waals surface area contributed by atoms with E-state index in [-0.39, 0.29) is 16.9 Å². The zero-order valence-electron chi connectivity index (χ0n) is 16.3. The highest BCUT2D eigenvalue weighted by atomic mass is 32.1. The Morgan fingerprint density at radius 2 is 1.60 bits per heavy atom. The van der Waals surface area contributed by atoms with Gasteiger partial charge < -0.3 is 15.0 Å². The second kappa shape index (κ2) is 9.02. The van der Waals surface area contributed by atoms with E-state index in [1.807, 2.05) is 36.4 Å². The number of carbonyl (C=O) groups is 2. The quantitative estimate of drug-likeness (QED) is 0.637. The zero-order chi connectivity index (χ0) is 20.9. The maximum atomic E-state index is 12.7. The molecule has 4 rings (SSSR count). The predicted octanol–water partition coefficient (Wildman–Crippen LogP) is 3.44. The minimum Gasteiger partial charge on any atom is -0.378 e. The van der Waals surface area contributed by atoms with E-state index >= 15 is 0 Å². The van der Waals surface area contributed by atoms with E-state index in [4.69, 9.17) is 17.0 Å². The highest BCUT2D eigenvalue weighted by Gasteiger charge is 2.18. The fourth-order valence-corrected chi connectivity index (χ4v) is 3.61. The van der Waals surface area contributed by atoms with Gasteiger partial charge in [-0.3, -0.25) is 14.9 Å². The number of nitrogens with zero attached hydrogens (tertiary/aromatic N) is 1. The van der Waals surface area contributed by atoms with Crippen molar-refractivity contribution in [2.75, 3.05) is 31.6 Å². The molecule has 1 saturated heterocycles. The minimum absolute atomic E-state index is 0.0170. The molecule has 1 aliphatic heterocycles. The van der Waals surface area contributed by atoms with Gasteiger partial charge in [0.25, 0.3) is 11.8 Å². The Balaban J connectivity index is 1.39. The third kappa shape index (κ3) is 4.48. The van der Waals surface area contributed by atoms with E-state index in [0.717, 1.165) is 10.8 Å². The molecule has 1 fully saturated rings. The molecule has 2 amide bonds. The van der Waals surface area contributed by atoms with E-state index in [9.17, 15) is 9.59 Å². The molecule has 30 heavy (non-hydrogen) atoms. The van der Waals surface area contributed by atoms with Gasteiger partial charge >= 0.3 is 0 Å². The Kier molecular flexibility index (Phi) is 6.02. The predicted molar refractivity (Wildman–Crippen MR) is 121 cm³/mol. The van der Waals surface area contributed by atoms with Crippen LogP contribution < -0.4 is 10.6 Å². The fourth-order valence-electron chi connectivity index (χ4n) is 3.40. The fraction of sp³-hybridized carbons (Fsp3) is 0.174. The van der Waals surface area contributed by atoms with Crippen LogP contribution in [0.2, 0.25) is 0 Å². The van der Waals surface area contributed by atoms with Crippen LogP contribution in [0, 0.1) is 0 Å². The SMILES string of the molecule is O=C(NC(=S)Nc1ccc(C(=O)N2CCOCC2)cc1)c1cccc2ccccc12. The second-order valence-corrected chi connectivity index (χ2v) is 7.33. The molecular weight excluding hydrogens is 398 g/mol. The van der Waals surface area contributed by atoms with Crippen LogP contribution >= 0.6 is 12.2 Å². The number of hydrogen-bond acceptors (Lipinski definition) is 4. The van der Waals surface area contributed by atoms with Crippen LogP contribution in [-0.2, 0) is 4.74 Å². The smallest absolute Gasteiger partial charge is 0.258 e. The van der Waals surface area contributed by atoms with Crippen molar-refractivity contribution in [2.24, 2.45) is 0 Å². The van der Waals surface area contributed by atoms with Gasteiger partial charge in [0.2, 0.25) is 0 Å². The van der Waals surface area contributed by atoms with Crippen LogP contribution in [0.1, 0.15) is 20.7 Å². The number of carbonyl (C=O) groups excluding carboxylic acids is 2. The van der Waals surface area contributed by atoms with Gasteiger partial charge in [-0.2, -0.15) is 0 Å². The van der Waals surface area contributed by atoms with Gasteiger partial charge in [-0.15, -0.1) is 0 Å². The maximum absolute atomic E-state index is 12.7. The highest BCUT2D eigenvalue weighted by molar-refractivity contribution is 7.80. The lowest BCUT2D eigenvalue weighted by Crippen LogP contribution is -2.40. The van der Waals surface area contributed by atoms with Crippen LogP contribution in [0.4, 0.5) is 5.69 Å². The molecule has 3 aromatic rings. The first-order valence-electron chi connectivity index (χ1n) is 9.69. The summed E-state index contributed by atoms with van der Waals surface area (Å²) in [5.74, 6) is -0.292. The molecule has 0 atom stereocenters. The number of ether oxygens (including phenoxy) is 1. The number of nitrogens with one attached hydrogen (secondary N) is 2. The molecule has 0 bridgehead atoms. The summed E-state index contributed by atoms with van der Waals surface area (Å²) in [5.41, 5.74) is 1.86. The maximum Gasteiger partial charge on any atom is 0.258 e. The van der Waals surface area contributed by atoms with Crippen molar-refractivity contribution >= 4 is 45.6 Å². The first kappa shape index (κ1) is 20.0. The first-order valence-corrected chi connectivity index (χ1v) is 10.1. The molecule has 6 nitrogen and oxygen atoms in total. The average molecular weight is 420 g/mol. The van der Waals surface area contributed by atoms with E-state index < -0.39 is 0 Å².